The first-order chi connectivity index (χ1) is 9.08. The van der Waals surface area contributed by atoms with E-state index in [9.17, 15) is 0 Å². The molecular formula is C15H20N2OS. The summed E-state index contributed by atoms with van der Waals surface area (Å²) in [5.74, 6) is 1.31. The van der Waals surface area contributed by atoms with Gasteiger partial charge in [0.2, 0.25) is 0 Å². The maximum atomic E-state index is 5.93. The van der Waals surface area contributed by atoms with Crippen molar-refractivity contribution in [2.75, 3.05) is 0 Å². The van der Waals surface area contributed by atoms with E-state index in [1.807, 2.05) is 31.2 Å². The van der Waals surface area contributed by atoms with E-state index in [4.69, 9.17) is 10.5 Å². The molecule has 102 valence electrons. The molecule has 19 heavy (non-hydrogen) atoms. The second kappa shape index (κ2) is 6.17. The van der Waals surface area contributed by atoms with Gasteiger partial charge in [-0.1, -0.05) is 32.0 Å². The van der Waals surface area contributed by atoms with E-state index in [0.717, 1.165) is 22.0 Å². The Bertz CT molecular complexity index is 534. The van der Waals surface area contributed by atoms with Gasteiger partial charge < -0.3 is 10.5 Å². The Morgan fingerprint density at radius 2 is 2.00 bits per heavy atom. The monoisotopic (exact) mass is 276 g/mol. The van der Waals surface area contributed by atoms with Gasteiger partial charge in [-0.3, -0.25) is 0 Å². The fourth-order valence-corrected chi connectivity index (χ4v) is 2.61. The van der Waals surface area contributed by atoms with Crippen LogP contribution in [0, 0.1) is 0 Å². The summed E-state index contributed by atoms with van der Waals surface area (Å²) in [4.78, 5) is 4.56. The molecule has 0 radical (unpaired) electrons. The van der Waals surface area contributed by atoms with Gasteiger partial charge in [-0.05, 0) is 13.0 Å². The number of benzene rings is 1. The molecule has 0 aliphatic carbocycles. The number of nitrogens with two attached hydrogens (primary N) is 1. The van der Waals surface area contributed by atoms with Gasteiger partial charge in [0.05, 0.1) is 10.7 Å². The zero-order chi connectivity index (χ0) is 13.8. The van der Waals surface area contributed by atoms with Gasteiger partial charge in [0, 0.05) is 22.9 Å². The fourth-order valence-electron chi connectivity index (χ4n) is 1.79. The van der Waals surface area contributed by atoms with Crippen LogP contribution < -0.4 is 10.5 Å². The van der Waals surface area contributed by atoms with Crippen molar-refractivity contribution in [3.8, 4) is 5.75 Å². The summed E-state index contributed by atoms with van der Waals surface area (Å²) in [5.41, 5.74) is 7.94. The van der Waals surface area contributed by atoms with Crippen molar-refractivity contribution in [1.29, 1.82) is 0 Å². The molecule has 2 rings (SSSR count). The molecule has 0 aliphatic heterocycles. The van der Waals surface area contributed by atoms with Crippen LogP contribution in [0.5, 0.6) is 5.75 Å². The lowest BCUT2D eigenvalue weighted by Crippen LogP contribution is -2.08. The van der Waals surface area contributed by atoms with Crippen LogP contribution >= 0.6 is 11.3 Å². The van der Waals surface area contributed by atoms with E-state index in [-0.39, 0.29) is 6.04 Å². The van der Waals surface area contributed by atoms with Crippen molar-refractivity contribution in [1.82, 2.24) is 4.98 Å². The molecule has 1 atom stereocenters. The van der Waals surface area contributed by atoms with Gasteiger partial charge in [-0.25, -0.2) is 4.98 Å². The summed E-state index contributed by atoms with van der Waals surface area (Å²) in [6.45, 7) is 6.75. The molecule has 2 aromatic rings. The van der Waals surface area contributed by atoms with Crippen molar-refractivity contribution in [3.05, 3.63) is 45.9 Å². The van der Waals surface area contributed by atoms with Crippen molar-refractivity contribution < 1.29 is 4.74 Å². The molecule has 1 aromatic heterocycles. The van der Waals surface area contributed by atoms with E-state index in [1.165, 1.54) is 0 Å². The number of nitrogens with zero attached hydrogens (tertiary/aromatic N) is 1. The Morgan fingerprint density at radius 1 is 1.26 bits per heavy atom. The van der Waals surface area contributed by atoms with E-state index in [2.05, 4.69) is 24.2 Å². The molecule has 0 spiro atoms. The first-order valence-corrected chi connectivity index (χ1v) is 7.37. The Balaban J connectivity index is 2.06. The molecule has 1 aromatic carbocycles. The molecule has 0 bridgehead atoms. The lowest BCUT2D eigenvalue weighted by Gasteiger charge is -2.12. The lowest BCUT2D eigenvalue weighted by molar-refractivity contribution is 0.297. The van der Waals surface area contributed by atoms with Crippen LogP contribution in [-0.2, 0) is 6.61 Å². The number of hydrogen-bond donors (Lipinski definition) is 1. The first kappa shape index (κ1) is 14.0. The predicted molar refractivity (Wildman–Crippen MR) is 79.6 cm³/mol. The molecule has 1 heterocycles. The minimum atomic E-state index is -0.0298. The third-order valence-corrected chi connectivity index (χ3v) is 4.04. The van der Waals surface area contributed by atoms with Crippen LogP contribution in [0.1, 0.15) is 49.0 Å². The number of para-hydroxylation sites is 1. The summed E-state index contributed by atoms with van der Waals surface area (Å²) < 4.78 is 5.84. The smallest absolute Gasteiger partial charge is 0.131 e. The summed E-state index contributed by atoms with van der Waals surface area (Å²) >= 11 is 1.69. The van der Waals surface area contributed by atoms with Crippen molar-refractivity contribution >= 4 is 11.3 Å². The molecule has 0 saturated heterocycles. The van der Waals surface area contributed by atoms with Gasteiger partial charge in [-0.15, -0.1) is 11.3 Å². The van der Waals surface area contributed by atoms with Crippen LogP contribution in [0.15, 0.2) is 29.6 Å². The molecule has 0 saturated carbocycles. The average Bonchev–Trinajstić information content (AvgIpc) is 2.85. The highest BCUT2D eigenvalue weighted by Gasteiger charge is 2.09. The normalized spacial score (nSPS) is 12.7. The Morgan fingerprint density at radius 3 is 2.63 bits per heavy atom. The second-order valence-electron chi connectivity index (χ2n) is 4.95. The maximum Gasteiger partial charge on any atom is 0.131 e. The Hall–Kier alpha value is -1.39. The molecule has 3 nitrogen and oxygen atoms in total. The standard InChI is InChI=1S/C15H20N2OS/c1-10(2)15-17-12(9-19-15)8-18-14-7-5-4-6-13(14)11(3)16/h4-7,9-11H,8,16H2,1-3H3/t11-/m1/s1. The minimum absolute atomic E-state index is 0.0298. The summed E-state index contributed by atoms with van der Waals surface area (Å²) in [7, 11) is 0. The zero-order valence-corrected chi connectivity index (χ0v) is 12.4. The number of aromatic nitrogens is 1. The summed E-state index contributed by atoms with van der Waals surface area (Å²) in [5, 5.41) is 3.21. The largest absolute Gasteiger partial charge is 0.487 e. The molecular weight excluding hydrogens is 256 g/mol. The lowest BCUT2D eigenvalue weighted by atomic mass is 10.1. The van der Waals surface area contributed by atoms with Crippen LogP contribution in [-0.4, -0.2) is 4.98 Å². The SMILES string of the molecule is CC(C)c1nc(COc2ccccc2[C@@H](C)N)cs1. The quantitative estimate of drug-likeness (QED) is 0.902. The van der Waals surface area contributed by atoms with E-state index >= 15 is 0 Å². The van der Waals surface area contributed by atoms with Crippen molar-refractivity contribution in [3.63, 3.8) is 0 Å². The highest BCUT2D eigenvalue weighted by atomic mass is 32.1. The van der Waals surface area contributed by atoms with E-state index < -0.39 is 0 Å². The van der Waals surface area contributed by atoms with E-state index in [0.29, 0.717) is 12.5 Å². The Labute approximate surface area is 118 Å². The zero-order valence-electron chi connectivity index (χ0n) is 11.6. The fraction of sp³-hybridized carbons (Fsp3) is 0.400. The van der Waals surface area contributed by atoms with Gasteiger partial charge >= 0.3 is 0 Å². The average molecular weight is 276 g/mol. The molecule has 4 heteroatoms. The predicted octanol–water partition coefficient (Wildman–Crippen LogP) is 3.87. The van der Waals surface area contributed by atoms with Crippen molar-refractivity contribution in [2.45, 2.75) is 39.3 Å². The molecule has 0 fully saturated rings. The van der Waals surface area contributed by atoms with E-state index in [1.54, 1.807) is 11.3 Å². The van der Waals surface area contributed by atoms with Crippen molar-refractivity contribution in [2.24, 2.45) is 5.73 Å². The van der Waals surface area contributed by atoms with Gasteiger partial charge in [0.1, 0.15) is 12.4 Å². The van der Waals surface area contributed by atoms with Crippen LogP contribution in [0.25, 0.3) is 0 Å². The number of rotatable bonds is 5. The van der Waals surface area contributed by atoms with Gasteiger partial charge in [0.15, 0.2) is 0 Å². The first-order valence-electron chi connectivity index (χ1n) is 6.49. The third-order valence-electron chi connectivity index (χ3n) is 2.85. The second-order valence-corrected chi connectivity index (χ2v) is 5.84. The minimum Gasteiger partial charge on any atom is -0.487 e. The van der Waals surface area contributed by atoms with Crippen LogP contribution in [0.2, 0.25) is 0 Å². The topological polar surface area (TPSA) is 48.1 Å². The highest BCUT2D eigenvalue weighted by Crippen LogP contribution is 2.25. The molecule has 2 N–H and O–H groups in total. The third kappa shape index (κ3) is 3.55. The summed E-state index contributed by atoms with van der Waals surface area (Å²) in [6.07, 6.45) is 0. The van der Waals surface area contributed by atoms with Gasteiger partial charge in [-0.2, -0.15) is 0 Å². The molecule has 0 amide bonds. The van der Waals surface area contributed by atoms with Crippen LogP contribution in [0.3, 0.4) is 0 Å². The van der Waals surface area contributed by atoms with Gasteiger partial charge in [0.25, 0.3) is 0 Å². The number of ether oxygens (including phenoxy) is 1. The highest BCUT2D eigenvalue weighted by molar-refractivity contribution is 7.09. The summed E-state index contributed by atoms with van der Waals surface area (Å²) in [6, 6.07) is 7.86. The Kier molecular flexibility index (Phi) is 4.56. The maximum absolute atomic E-state index is 5.93. The molecule has 0 unspecified atom stereocenters. The number of hydrogen-bond acceptors (Lipinski definition) is 4. The van der Waals surface area contributed by atoms with Crippen LogP contribution in [0.4, 0.5) is 0 Å². The molecule has 0 aliphatic rings. The number of thiazole rings is 1.